The molecule has 0 atom stereocenters. The predicted molar refractivity (Wildman–Crippen MR) is 87.3 cm³/mol. The van der Waals surface area contributed by atoms with Crippen LogP contribution in [0.2, 0.25) is 0 Å². The Morgan fingerprint density at radius 2 is 1.65 bits per heavy atom. The first-order valence-electron chi connectivity index (χ1n) is 7.13. The van der Waals surface area contributed by atoms with Crippen LogP contribution in [0, 0.1) is 0 Å². The van der Waals surface area contributed by atoms with E-state index in [2.05, 4.69) is 10.4 Å². The van der Waals surface area contributed by atoms with Crippen LogP contribution in [0.3, 0.4) is 0 Å². The largest absolute Gasteiger partial charge is 0.465 e. The SMILES string of the molecule is O=C(O)NCc1nn(-c2ccc(S(F)(F)(F)(F)F)cc2)c2ccccc12. The van der Waals surface area contributed by atoms with Crippen LogP contribution in [0.15, 0.2) is 53.4 Å². The Hall–Kier alpha value is -2.82. The van der Waals surface area contributed by atoms with Gasteiger partial charge in [-0.2, -0.15) is 5.10 Å². The van der Waals surface area contributed by atoms with E-state index < -0.39 is 21.2 Å². The Bertz CT molecular complexity index is 1000. The molecule has 0 aliphatic heterocycles. The fourth-order valence-electron chi connectivity index (χ4n) is 2.46. The molecule has 26 heavy (non-hydrogen) atoms. The van der Waals surface area contributed by atoms with E-state index >= 15 is 0 Å². The second kappa shape index (κ2) is 5.10. The molecule has 1 heterocycles. The summed E-state index contributed by atoms with van der Waals surface area (Å²) in [5.41, 5.74) is 0.975. The van der Waals surface area contributed by atoms with Crippen molar-refractivity contribution >= 4 is 27.2 Å². The molecule has 0 bridgehead atoms. The highest BCUT2D eigenvalue weighted by atomic mass is 32.5. The zero-order valence-electron chi connectivity index (χ0n) is 12.9. The Labute approximate surface area is 143 Å². The smallest absolute Gasteiger partial charge is 0.404 e. The van der Waals surface area contributed by atoms with Gasteiger partial charge in [-0.3, -0.25) is 0 Å². The number of fused-ring (bicyclic) bond motifs is 1. The van der Waals surface area contributed by atoms with Gasteiger partial charge in [0.05, 0.1) is 23.4 Å². The molecule has 140 valence electrons. The van der Waals surface area contributed by atoms with E-state index in [4.69, 9.17) is 5.11 Å². The third kappa shape index (κ3) is 3.57. The van der Waals surface area contributed by atoms with Gasteiger partial charge in [0.2, 0.25) is 0 Å². The van der Waals surface area contributed by atoms with E-state index in [1.807, 2.05) is 0 Å². The van der Waals surface area contributed by atoms with Crippen LogP contribution in [0.1, 0.15) is 5.69 Å². The molecule has 0 saturated heterocycles. The van der Waals surface area contributed by atoms with E-state index in [1.165, 1.54) is 4.68 Å². The summed E-state index contributed by atoms with van der Waals surface area (Å²) in [6.45, 7) is -0.119. The maximum Gasteiger partial charge on any atom is 0.404 e. The van der Waals surface area contributed by atoms with Gasteiger partial charge in [-0.25, -0.2) is 9.48 Å². The molecule has 0 unspecified atom stereocenters. The lowest BCUT2D eigenvalue weighted by Crippen LogP contribution is -2.20. The Morgan fingerprint density at radius 1 is 1.04 bits per heavy atom. The maximum absolute atomic E-state index is 12.8. The number of nitrogens with one attached hydrogen (secondary N) is 1. The minimum atomic E-state index is -9.75. The van der Waals surface area contributed by atoms with E-state index in [0.717, 1.165) is 12.1 Å². The summed E-state index contributed by atoms with van der Waals surface area (Å²) in [6, 6.07) is 9.05. The average molecular weight is 393 g/mol. The third-order valence-corrected chi connectivity index (χ3v) is 4.76. The van der Waals surface area contributed by atoms with E-state index in [-0.39, 0.29) is 12.2 Å². The lowest BCUT2D eigenvalue weighted by Gasteiger charge is -2.40. The first-order chi connectivity index (χ1) is 11.8. The molecular formula is C15H12F5N3O2S. The number of amides is 1. The number of carbonyl (C=O) groups is 1. The Kier molecular flexibility index (Phi) is 3.53. The molecule has 0 aliphatic carbocycles. The van der Waals surface area contributed by atoms with Crippen molar-refractivity contribution in [1.82, 2.24) is 15.1 Å². The molecule has 0 saturated carbocycles. The normalized spacial score (nSPS) is 14.7. The summed E-state index contributed by atoms with van der Waals surface area (Å²) in [5.74, 6) is 0. The van der Waals surface area contributed by atoms with E-state index in [9.17, 15) is 24.2 Å². The number of nitrogens with zero attached hydrogens (tertiary/aromatic N) is 2. The van der Waals surface area contributed by atoms with Gasteiger partial charge in [0.1, 0.15) is 4.90 Å². The summed E-state index contributed by atoms with van der Waals surface area (Å²) < 4.78 is 65.4. The van der Waals surface area contributed by atoms with Crippen molar-refractivity contribution in [3.63, 3.8) is 0 Å². The number of para-hydroxylation sites is 1. The molecular weight excluding hydrogens is 381 g/mol. The molecule has 0 radical (unpaired) electrons. The maximum atomic E-state index is 12.8. The van der Waals surface area contributed by atoms with Crippen LogP contribution in [0.4, 0.5) is 24.2 Å². The quantitative estimate of drug-likeness (QED) is 0.579. The fourth-order valence-corrected chi connectivity index (χ4v) is 3.11. The minimum Gasteiger partial charge on any atom is -0.465 e. The van der Waals surface area contributed by atoms with Crippen LogP contribution in [0.5, 0.6) is 0 Å². The lowest BCUT2D eigenvalue weighted by atomic mass is 10.2. The Morgan fingerprint density at radius 3 is 2.23 bits per heavy atom. The summed E-state index contributed by atoms with van der Waals surface area (Å²) in [4.78, 5) is 8.67. The summed E-state index contributed by atoms with van der Waals surface area (Å²) in [7, 11) is -9.75. The monoisotopic (exact) mass is 393 g/mol. The van der Waals surface area contributed by atoms with Gasteiger partial charge in [-0.1, -0.05) is 37.6 Å². The van der Waals surface area contributed by atoms with Gasteiger partial charge >= 0.3 is 16.3 Å². The van der Waals surface area contributed by atoms with Gasteiger partial charge in [0, 0.05) is 5.39 Å². The van der Waals surface area contributed by atoms with E-state index in [0.29, 0.717) is 28.7 Å². The van der Waals surface area contributed by atoms with Crippen molar-refractivity contribution in [3.8, 4) is 5.69 Å². The summed E-state index contributed by atoms with van der Waals surface area (Å²) in [6.07, 6.45) is -1.26. The third-order valence-electron chi connectivity index (χ3n) is 3.60. The van der Waals surface area contributed by atoms with Crippen molar-refractivity contribution in [2.24, 2.45) is 0 Å². The molecule has 2 N–H and O–H groups in total. The number of hydrogen-bond donors (Lipinski definition) is 2. The Balaban J connectivity index is 2.07. The molecule has 11 heteroatoms. The topological polar surface area (TPSA) is 67.2 Å². The van der Waals surface area contributed by atoms with Gasteiger partial charge in [0.25, 0.3) is 0 Å². The van der Waals surface area contributed by atoms with Crippen molar-refractivity contribution in [2.45, 2.75) is 11.4 Å². The zero-order valence-corrected chi connectivity index (χ0v) is 13.7. The molecule has 3 aromatic rings. The van der Waals surface area contributed by atoms with Crippen LogP contribution in [0.25, 0.3) is 16.6 Å². The van der Waals surface area contributed by atoms with Crippen LogP contribution in [-0.2, 0) is 6.54 Å². The highest BCUT2D eigenvalue weighted by Crippen LogP contribution is 3.02. The number of carboxylic acid groups (broad SMARTS) is 1. The molecule has 1 aromatic heterocycles. The minimum absolute atomic E-state index is 0.119. The molecule has 0 fully saturated rings. The van der Waals surface area contributed by atoms with Gasteiger partial charge in [-0.15, -0.1) is 0 Å². The number of hydrogen-bond acceptors (Lipinski definition) is 2. The molecule has 5 nitrogen and oxygen atoms in total. The molecule has 2 aromatic carbocycles. The fraction of sp³-hybridized carbons (Fsp3) is 0.0667. The number of aromatic nitrogens is 2. The van der Waals surface area contributed by atoms with Crippen molar-refractivity contribution < 1.29 is 29.3 Å². The predicted octanol–water partition coefficient (Wildman–Crippen LogP) is 5.45. The standard InChI is InChI=1S/C15H12F5N3O2S/c16-26(17,18,19,20)11-7-5-10(6-8-11)23-14-4-2-1-3-12(14)13(22-23)9-21-15(24)25/h1-8,21H,9H2,(H,24,25). The molecule has 3 rings (SSSR count). The van der Waals surface area contributed by atoms with Crippen LogP contribution >= 0.6 is 10.2 Å². The van der Waals surface area contributed by atoms with Crippen molar-refractivity contribution in [2.75, 3.05) is 0 Å². The van der Waals surface area contributed by atoms with Crippen LogP contribution in [-0.4, -0.2) is 21.0 Å². The number of rotatable bonds is 4. The highest BCUT2D eigenvalue weighted by Gasteiger charge is 2.65. The lowest BCUT2D eigenvalue weighted by molar-refractivity contribution is 0.194. The van der Waals surface area contributed by atoms with Crippen molar-refractivity contribution in [3.05, 3.63) is 54.2 Å². The van der Waals surface area contributed by atoms with Gasteiger partial charge in [-0.05, 0) is 30.3 Å². The van der Waals surface area contributed by atoms with Crippen LogP contribution < -0.4 is 5.32 Å². The molecule has 0 spiro atoms. The second-order valence-corrected chi connectivity index (χ2v) is 7.91. The first kappa shape index (κ1) is 18.0. The molecule has 1 amide bonds. The number of benzene rings is 2. The number of halogens is 5. The summed E-state index contributed by atoms with van der Waals surface area (Å²) >= 11 is 0. The average Bonchev–Trinajstić information content (AvgIpc) is 2.90. The van der Waals surface area contributed by atoms with Gasteiger partial charge < -0.3 is 10.4 Å². The zero-order chi connectivity index (χ0) is 19.2. The highest BCUT2D eigenvalue weighted by molar-refractivity contribution is 8.45. The molecule has 0 aliphatic rings. The van der Waals surface area contributed by atoms with Gasteiger partial charge in [0.15, 0.2) is 0 Å². The van der Waals surface area contributed by atoms with E-state index in [1.54, 1.807) is 24.3 Å². The summed E-state index contributed by atoms with van der Waals surface area (Å²) in [5, 5.41) is 15.6. The first-order valence-corrected chi connectivity index (χ1v) is 9.08. The second-order valence-electron chi connectivity index (χ2n) is 5.50. The van der Waals surface area contributed by atoms with Crippen molar-refractivity contribution in [1.29, 1.82) is 0 Å².